The summed E-state index contributed by atoms with van der Waals surface area (Å²) in [5.74, 6) is -1.20. The third-order valence-corrected chi connectivity index (χ3v) is 3.32. The Morgan fingerprint density at radius 3 is 2.43 bits per heavy atom. The van der Waals surface area contributed by atoms with Gasteiger partial charge in [-0.15, -0.1) is 22.6 Å². The Kier molecular flexibility index (Phi) is 5.21. The molecule has 1 amide bonds. The van der Waals surface area contributed by atoms with Gasteiger partial charge in [-0.3, -0.25) is 4.79 Å². The first kappa shape index (κ1) is 17.7. The van der Waals surface area contributed by atoms with E-state index in [1.54, 1.807) is 0 Å². The van der Waals surface area contributed by atoms with Crippen molar-refractivity contribution in [1.82, 2.24) is 19.7 Å². The smallest absolute Gasteiger partial charge is 0.332 e. The van der Waals surface area contributed by atoms with Gasteiger partial charge >= 0.3 is 6.18 Å². The van der Waals surface area contributed by atoms with Gasteiger partial charge in [0.05, 0.1) is 12.6 Å². The van der Waals surface area contributed by atoms with Crippen molar-refractivity contribution in [2.24, 2.45) is 11.7 Å². The lowest BCUT2D eigenvalue weighted by atomic mass is 10.0. The minimum atomic E-state index is -4.54. The highest BCUT2D eigenvalue weighted by Gasteiger charge is 2.40. The summed E-state index contributed by atoms with van der Waals surface area (Å²) in [6.07, 6.45) is -4.54. The van der Waals surface area contributed by atoms with Crippen LogP contribution in [0.25, 0.3) is 0 Å². The summed E-state index contributed by atoms with van der Waals surface area (Å²) in [6.45, 7) is 3.83. The van der Waals surface area contributed by atoms with Gasteiger partial charge < -0.3 is 15.2 Å². The van der Waals surface area contributed by atoms with Gasteiger partial charge in [-0.05, 0) is 5.92 Å². The van der Waals surface area contributed by atoms with Crippen molar-refractivity contribution in [2.75, 3.05) is 6.54 Å². The summed E-state index contributed by atoms with van der Waals surface area (Å²) in [7, 11) is 0. The largest absolute Gasteiger partial charge is 0.451 e. The van der Waals surface area contributed by atoms with Crippen molar-refractivity contribution in [1.29, 1.82) is 0 Å². The highest BCUT2D eigenvalue weighted by Crippen LogP contribution is 2.29. The maximum Gasteiger partial charge on any atom is 0.451 e. The van der Waals surface area contributed by atoms with Crippen LogP contribution in [0.2, 0.25) is 0 Å². The topological polar surface area (TPSA) is 77.0 Å². The summed E-state index contributed by atoms with van der Waals surface area (Å²) >= 11 is 0. The van der Waals surface area contributed by atoms with Crippen LogP contribution in [-0.2, 0) is 24.1 Å². The number of alkyl halides is 3. The second-order valence-corrected chi connectivity index (χ2v) is 5.12. The fourth-order valence-electron chi connectivity index (χ4n) is 2.05. The van der Waals surface area contributed by atoms with Crippen molar-refractivity contribution in [2.45, 2.75) is 39.2 Å². The van der Waals surface area contributed by atoms with Crippen LogP contribution in [0.4, 0.5) is 13.2 Å². The van der Waals surface area contributed by atoms with E-state index in [2.05, 4.69) is 10.2 Å². The average molecular weight is 328 g/mol. The maximum absolute atomic E-state index is 12.7. The summed E-state index contributed by atoms with van der Waals surface area (Å²) in [5, 5.41) is 6.68. The normalized spacial score (nSPS) is 16.4. The molecule has 21 heavy (non-hydrogen) atoms. The quantitative estimate of drug-likeness (QED) is 0.880. The summed E-state index contributed by atoms with van der Waals surface area (Å²) in [4.78, 5) is 13.5. The van der Waals surface area contributed by atoms with Crippen molar-refractivity contribution in [3.05, 3.63) is 11.6 Å². The number of halogens is 4. The molecule has 10 heteroatoms. The zero-order valence-electron chi connectivity index (χ0n) is 11.6. The standard InChI is InChI=1S/C11H16F3N5O.ClH/c1-6(2)8(15)9(20)18-3-4-19-7(5-18)16-17-10(19)11(12,13)14;/h6,8H,3-5,15H2,1-2H3;1H. The van der Waals surface area contributed by atoms with Crippen LogP contribution < -0.4 is 5.73 Å². The number of aromatic nitrogens is 3. The molecule has 0 saturated carbocycles. The molecule has 0 aromatic carbocycles. The lowest BCUT2D eigenvalue weighted by molar-refractivity contribution is -0.148. The van der Waals surface area contributed by atoms with E-state index in [4.69, 9.17) is 5.73 Å². The summed E-state index contributed by atoms with van der Waals surface area (Å²) in [6, 6.07) is -0.661. The molecule has 2 rings (SSSR count). The molecule has 6 nitrogen and oxygen atoms in total. The summed E-state index contributed by atoms with van der Waals surface area (Å²) < 4.78 is 39.0. The maximum atomic E-state index is 12.7. The lowest BCUT2D eigenvalue weighted by Gasteiger charge is -2.31. The predicted octanol–water partition coefficient (Wildman–Crippen LogP) is 1.04. The van der Waals surface area contributed by atoms with Crippen molar-refractivity contribution < 1.29 is 18.0 Å². The van der Waals surface area contributed by atoms with Gasteiger partial charge in [-0.1, -0.05) is 13.8 Å². The molecule has 2 heterocycles. The molecule has 1 atom stereocenters. The van der Waals surface area contributed by atoms with Crippen LogP contribution in [0.1, 0.15) is 25.5 Å². The Hall–Kier alpha value is -1.35. The highest BCUT2D eigenvalue weighted by molar-refractivity contribution is 5.85. The Morgan fingerprint density at radius 1 is 1.29 bits per heavy atom. The molecule has 0 radical (unpaired) electrons. The third-order valence-electron chi connectivity index (χ3n) is 3.32. The van der Waals surface area contributed by atoms with Gasteiger partial charge in [0.1, 0.15) is 0 Å². The first-order valence-electron chi connectivity index (χ1n) is 6.25. The number of nitrogens with two attached hydrogens (primary N) is 1. The van der Waals surface area contributed by atoms with Crippen LogP contribution in [0.3, 0.4) is 0 Å². The van der Waals surface area contributed by atoms with Gasteiger partial charge in [0, 0.05) is 13.1 Å². The molecular weight excluding hydrogens is 311 g/mol. The Balaban J connectivity index is 0.00000220. The number of rotatable bonds is 2. The van der Waals surface area contributed by atoms with E-state index in [1.165, 1.54) is 4.90 Å². The fraction of sp³-hybridized carbons (Fsp3) is 0.727. The van der Waals surface area contributed by atoms with E-state index in [0.29, 0.717) is 0 Å². The van der Waals surface area contributed by atoms with E-state index in [9.17, 15) is 18.0 Å². The highest BCUT2D eigenvalue weighted by atomic mass is 35.5. The van der Waals surface area contributed by atoms with E-state index in [1.807, 2.05) is 13.8 Å². The molecule has 1 aromatic heterocycles. The van der Waals surface area contributed by atoms with Crippen molar-refractivity contribution in [3.63, 3.8) is 0 Å². The summed E-state index contributed by atoms with van der Waals surface area (Å²) in [5.41, 5.74) is 5.77. The van der Waals surface area contributed by atoms with Gasteiger partial charge in [0.15, 0.2) is 5.82 Å². The van der Waals surface area contributed by atoms with Crippen molar-refractivity contribution in [3.8, 4) is 0 Å². The zero-order valence-corrected chi connectivity index (χ0v) is 12.4. The number of fused-ring (bicyclic) bond motifs is 1. The minimum Gasteiger partial charge on any atom is -0.332 e. The lowest BCUT2D eigenvalue weighted by Crippen LogP contribution is -2.49. The van der Waals surface area contributed by atoms with E-state index in [-0.39, 0.29) is 49.7 Å². The number of amides is 1. The number of nitrogens with zero attached hydrogens (tertiary/aromatic N) is 4. The minimum absolute atomic E-state index is 0. The van der Waals surface area contributed by atoms with Crippen LogP contribution in [0.15, 0.2) is 0 Å². The Morgan fingerprint density at radius 2 is 1.90 bits per heavy atom. The number of carbonyl (C=O) groups excluding carboxylic acids is 1. The predicted molar refractivity (Wildman–Crippen MR) is 70.5 cm³/mol. The second kappa shape index (κ2) is 6.18. The molecule has 0 bridgehead atoms. The fourth-order valence-corrected chi connectivity index (χ4v) is 2.05. The number of hydrogen-bond acceptors (Lipinski definition) is 4. The molecular formula is C11H17ClF3N5O. The van der Waals surface area contributed by atoms with Crippen molar-refractivity contribution >= 4 is 18.3 Å². The van der Waals surface area contributed by atoms with E-state index >= 15 is 0 Å². The number of carbonyl (C=O) groups is 1. The molecule has 0 saturated heterocycles. The molecule has 1 aliphatic heterocycles. The number of hydrogen-bond donors (Lipinski definition) is 1. The molecule has 1 aromatic rings. The second-order valence-electron chi connectivity index (χ2n) is 5.12. The van der Waals surface area contributed by atoms with Crippen LogP contribution in [0.5, 0.6) is 0 Å². The molecule has 120 valence electrons. The molecule has 1 unspecified atom stereocenters. The van der Waals surface area contributed by atoms with Gasteiger partial charge in [-0.2, -0.15) is 13.2 Å². The van der Waals surface area contributed by atoms with Gasteiger partial charge in [-0.25, -0.2) is 0 Å². The molecule has 0 aliphatic carbocycles. The monoisotopic (exact) mass is 327 g/mol. The first-order chi connectivity index (χ1) is 9.21. The first-order valence-corrected chi connectivity index (χ1v) is 6.25. The van der Waals surface area contributed by atoms with Crippen LogP contribution in [-0.4, -0.2) is 38.2 Å². The van der Waals surface area contributed by atoms with E-state index < -0.39 is 18.0 Å². The average Bonchev–Trinajstić information content (AvgIpc) is 2.79. The molecule has 0 fully saturated rings. The van der Waals surface area contributed by atoms with Gasteiger partial charge in [0.2, 0.25) is 11.7 Å². The zero-order chi connectivity index (χ0) is 15.1. The third kappa shape index (κ3) is 3.46. The van der Waals surface area contributed by atoms with E-state index in [0.717, 1.165) is 4.57 Å². The Bertz CT molecular complexity index is 516. The molecule has 1 aliphatic rings. The molecule has 0 spiro atoms. The Labute approximate surface area is 125 Å². The van der Waals surface area contributed by atoms with Crippen LogP contribution in [0, 0.1) is 5.92 Å². The SMILES string of the molecule is CC(C)C(N)C(=O)N1CCn2c(nnc2C(F)(F)F)C1.Cl. The van der Waals surface area contributed by atoms with Gasteiger partial charge in [0.25, 0.3) is 0 Å². The molecule has 2 N–H and O–H groups in total. The van der Waals surface area contributed by atoms with Crippen LogP contribution >= 0.6 is 12.4 Å².